The first-order valence-corrected chi connectivity index (χ1v) is 13.4. The van der Waals surface area contributed by atoms with Gasteiger partial charge in [-0.05, 0) is 65.4 Å². The highest BCUT2D eigenvalue weighted by molar-refractivity contribution is 9.10. The number of hydrogen-bond acceptors (Lipinski definition) is 7. The molecule has 1 unspecified atom stereocenters. The lowest BCUT2D eigenvalue weighted by Gasteiger charge is -2.47. The van der Waals surface area contributed by atoms with Gasteiger partial charge in [0.1, 0.15) is 23.7 Å². The van der Waals surface area contributed by atoms with Gasteiger partial charge in [-0.15, -0.1) is 0 Å². The second-order valence-electron chi connectivity index (χ2n) is 10.1. The van der Waals surface area contributed by atoms with Gasteiger partial charge in [0.25, 0.3) is 5.91 Å². The summed E-state index contributed by atoms with van der Waals surface area (Å²) in [5.41, 5.74) is 1.47. The van der Waals surface area contributed by atoms with Crippen LogP contribution in [0.25, 0.3) is 0 Å². The summed E-state index contributed by atoms with van der Waals surface area (Å²) >= 11 is 3.40. The van der Waals surface area contributed by atoms with Crippen molar-refractivity contribution in [3.63, 3.8) is 0 Å². The standard InChI is InChI=1S/C26H28BrN5O4/c27-17-10-28-24(29-11-17)16-12-31(13-16)20-3-1-2-4-22(20)36-18-5-6-19-15(9-18)14-32(26(19)35)21-7-8-23(33)30-25(21)34/h5-6,9-11,16,20-22H,1-4,7-8,12-14H2,(H,30,33,34)/t20-,21?,22-/m1/s1. The summed E-state index contributed by atoms with van der Waals surface area (Å²) in [6.45, 7) is 2.23. The summed E-state index contributed by atoms with van der Waals surface area (Å²) in [7, 11) is 0. The van der Waals surface area contributed by atoms with Crippen LogP contribution in [0, 0.1) is 0 Å². The van der Waals surface area contributed by atoms with Crippen LogP contribution >= 0.6 is 15.9 Å². The fourth-order valence-electron chi connectivity index (χ4n) is 5.91. The van der Waals surface area contributed by atoms with E-state index in [4.69, 9.17) is 4.74 Å². The summed E-state index contributed by atoms with van der Waals surface area (Å²) in [6.07, 6.45) is 8.74. The van der Waals surface area contributed by atoms with Crippen LogP contribution in [0.4, 0.5) is 0 Å². The van der Waals surface area contributed by atoms with E-state index in [1.54, 1.807) is 23.4 Å². The Hall–Kier alpha value is -2.85. The van der Waals surface area contributed by atoms with Crippen molar-refractivity contribution in [1.82, 2.24) is 25.1 Å². The predicted molar refractivity (Wildman–Crippen MR) is 133 cm³/mol. The number of benzene rings is 1. The Morgan fingerprint density at radius 2 is 1.81 bits per heavy atom. The zero-order valence-electron chi connectivity index (χ0n) is 19.9. The van der Waals surface area contributed by atoms with E-state index >= 15 is 0 Å². The number of halogens is 1. The highest BCUT2D eigenvalue weighted by Crippen LogP contribution is 2.36. The number of nitrogens with one attached hydrogen (secondary N) is 1. The van der Waals surface area contributed by atoms with Gasteiger partial charge in [0.05, 0.1) is 4.47 Å². The average molecular weight is 554 g/mol. The number of aromatic nitrogens is 2. The second-order valence-corrected chi connectivity index (χ2v) is 11.1. The van der Waals surface area contributed by atoms with E-state index in [2.05, 4.69) is 36.1 Å². The van der Waals surface area contributed by atoms with E-state index in [-0.39, 0.29) is 24.3 Å². The number of fused-ring (bicyclic) bond motifs is 1. The number of nitrogens with zero attached hydrogens (tertiary/aromatic N) is 4. The molecule has 1 aromatic carbocycles. The molecule has 10 heteroatoms. The molecule has 36 heavy (non-hydrogen) atoms. The number of hydrogen-bond donors (Lipinski definition) is 1. The van der Waals surface area contributed by atoms with E-state index < -0.39 is 11.9 Å². The average Bonchev–Trinajstić information content (AvgIpc) is 3.16. The normalized spacial score (nSPS) is 27.0. The molecule has 4 aliphatic rings. The van der Waals surface area contributed by atoms with Crippen LogP contribution < -0.4 is 10.1 Å². The number of amides is 3. The van der Waals surface area contributed by atoms with E-state index in [0.29, 0.717) is 30.5 Å². The molecule has 3 atom stereocenters. The highest BCUT2D eigenvalue weighted by Gasteiger charge is 2.41. The molecular weight excluding hydrogens is 526 g/mol. The summed E-state index contributed by atoms with van der Waals surface area (Å²) < 4.78 is 7.41. The highest BCUT2D eigenvalue weighted by atomic mass is 79.9. The molecular formula is C26H28BrN5O4. The maximum Gasteiger partial charge on any atom is 0.255 e. The largest absolute Gasteiger partial charge is 0.489 e. The summed E-state index contributed by atoms with van der Waals surface area (Å²) in [4.78, 5) is 49.8. The fraction of sp³-hybridized carbons (Fsp3) is 0.500. The van der Waals surface area contributed by atoms with Gasteiger partial charge in [-0.1, -0.05) is 6.42 Å². The number of carbonyl (C=O) groups excluding carboxylic acids is 3. The lowest BCUT2D eigenvalue weighted by atomic mass is 9.86. The minimum atomic E-state index is -0.608. The van der Waals surface area contributed by atoms with Crippen LogP contribution in [0.15, 0.2) is 35.1 Å². The van der Waals surface area contributed by atoms with Gasteiger partial charge < -0.3 is 9.64 Å². The molecule has 2 aromatic rings. The van der Waals surface area contributed by atoms with Gasteiger partial charge in [-0.3, -0.25) is 24.6 Å². The Balaban J connectivity index is 1.11. The number of piperidine rings is 1. The van der Waals surface area contributed by atoms with E-state index in [1.807, 2.05) is 12.1 Å². The van der Waals surface area contributed by atoms with Crippen LogP contribution in [-0.4, -0.2) is 68.8 Å². The van der Waals surface area contributed by atoms with Crippen molar-refractivity contribution in [3.05, 3.63) is 52.0 Å². The first-order chi connectivity index (χ1) is 17.5. The Morgan fingerprint density at radius 1 is 1.03 bits per heavy atom. The molecule has 2 saturated heterocycles. The third kappa shape index (κ3) is 4.41. The van der Waals surface area contributed by atoms with Crippen molar-refractivity contribution < 1.29 is 19.1 Å². The molecule has 188 valence electrons. The monoisotopic (exact) mass is 553 g/mol. The van der Waals surface area contributed by atoms with E-state index in [1.165, 1.54) is 6.42 Å². The number of carbonyl (C=O) groups is 3. The molecule has 3 fully saturated rings. The maximum absolute atomic E-state index is 13.0. The van der Waals surface area contributed by atoms with Crippen molar-refractivity contribution in [2.75, 3.05) is 13.1 Å². The van der Waals surface area contributed by atoms with Crippen molar-refractivity contribution in [1.29, 1.82) is 0 Å². The Kier molecular flexibility index (Phi) is 6.25. The lowest BCUT2D eigenvalue weighted by molar-refractivity contribution is -0.136. The molecule has 0 bridgehead atoms. The number of likely N-dealkylation sites (tertiary alicyclic amines) is 1. The minimum absolute atomic E-state index is 0.0897. The van der Waals surface area contributed by atoms with Crippen molar-refractivity contribution in [2.45, 2.75) is 69.2 Å². The van der Waals surface area contributed by atoms with Gasteiger partial charge in [0.15, 0.2) is 0 Å². The van der Waals surface area contributed by atoms with Gasteiger partial charge >= 0.3 is 0 Å². The molecule has 3 amide bonds. The van der Waals surface area contributed by atoms with E-state index in [9.17, 15) is 14.4 Å². The molecule has 1 saturated carbocycles. The first-order valence-electron chi connectivity index (χ1n) is 12.6. The zero-order valence-corrected chi connectivity index (χ0v) is 21.4. The Labute approximate surface area is 217 Å². The van der Waals surface area contributed by atoms with E-state index in [0.717, 1.165) is 54.0 Å². The van der Waals surface area contributed by atoms with Gasteiger partial charge in [0, 0.05) is 56.0 Å². The summed E-state index contributed by atoms with van der Waals surface area (Å²) in [5.74, 6) is 1.17. The van der Waals surface area contributed by atoms with Crippen molar-refractivity contribution in [2.24, 2.45) is 0 Å². The van der Waals surface area contributed by atoms with Crippen LogP contribution in [0.2, 0.25) is 0 Å². The Bertz CT molecular complexity index is 1200. The smallest absolute Gasteiger partial charge is 0.255 e. The molecule has 0 spiro atoms. The molecule has 3 aliphatic heterocycles. The lowest BCUT2D eigenvalue weighted by Crippen LogP contribution is -2.57. The number of ether oxygens (including phenoxy) is 1. The fourth-order valence-corrected chi connectivity index (χ4v) is 6.12. The molecule has 1 N–H and O–H groups in total. The molecule has 0 radical (unpaired) electrons. The number of rotatable bonds is 5. The van der Waals surface area contributed by atoms with Crippen LogP contribution in [0.1, 0.15) is 66.2 Å². The Morgan fingerprint density at radius 3 is 2.58 bits per heavy atom. The SMILES string of the molecule is O=C1CCC(N2Cc3cc(O[C@@H]4CCCC[C@H]4N4CC(c5ncc(Br)cn5)C4)ccc3C2=O)C(=O)N1. The van der Waals surface area contributed by atoms with Crippen LogP contribution in [0.5, 0.6) is 5.75 Å². The maximum atomic E-state index is 13.0. The third-order valence-electron chi connectivity index (χ3n) is 7.83. The first kappa shape index (κ1) is 23.5. The van der Waals surface area contributed by atoms with Crippen LogP contribution in [0.3, 0.4) is 0 Å². The van der Waals surface area contributed by atoms with Crippen molar-refractivity contribution >= 4 is 33.7 Å². The molecule has 1 aliphatic carbocycles. The topological polar surface area (TPSA) is 105 Å². The minimum Gasteiger partial charge on any atom is -0.489 e. The zero-order chi connectivity index (χ0) is 24.8. The molecule has 9 nitrogen and oxygen atoms in total. The number of imide groups is 1. The third-order valence-corrected chi connectivity index (χ3v) is 8.24. The summed E-state index contributed by atoms with van der Waals surface area (Å²) in [6, 6.07) is 5.36. The van der Waals surface area contributed by atoms with Crippen molar-refractivity contribution in [3.8, 4) is 5.75 Å². The molecule has 6 rings (SSSR count). The van der Waals surface area contributed by atoms with Gasteiger partial charge in [-0.25, -0.2) is 9.97 Å². The van der Waals surface area contributed by atoms with Crippen LogP contribution in [-0.2, 0) is 16.1 Å². The quantitative estimate of drug-likeness (QED) is 0.567. The predicted octanol–water partition coefficient (Wildman–Crippen LogP) is 2.79. The second kappa shape index (κ2) is 9.55. The molecule has 4 heterocycles. The van der Waals surface area contributed by atoms with Gasteiger partial charge in [-0.2, -0.15) is 0 Å². The van der Waals surface area contributed by atoms with Gasteiger partial charge in [0.2, 0.25) is 11.8 Å². The summed E-state index contributed by atoms with van der Waals surface area (Å²) in [5, 5.41) is 2.35. The molecule has 1 aromatic heterocycles.